The van der Waals surface area contributed by atoms with Crippen molar-refractivity contribution < 1.29 is 18.0 Å². The Balaban J connectivity index is 1.68. The van der Waals surface area contributed by atoms with Crippen LogP contribution in [0.2, 0.25) is 0 Å². The van der Waals surface area contributed by atoms with Gasteiger partial charge in [-0.2, -0.15) is 13.2 Å². The fourth-order valence-electron chi connectivity index (χ4n) is 3.18. The molecule has 1 amide bonds. The van der Waals surface area contributed by atoms with Crippen LogP contribution in [0.4, 0.5) is 19.0 Å². The summed E-state index contributed by atoms with van der Waals surface area (Å²) in [7, 11) is 0. The number of hydrogen-bond acceptors (Lipinski definition) is 5. The normalized spacial score (nSPS) is 15.3. The number of carbonyl (C=O) groups is 1. The maximum Gasteiger partial charge on any atom is 0.406 e. The van der Waals surface area contributed by atoms with E-state index in [0.29, 0.717) is 30.9 Å². The van der Waals surface area contributed by atoms with Gasteiger partial charge >= 0.3 is 6.18 Å². The first-order chi connectivity index (χ1) is 13.7. The maximum atomic E-state index is 13.0. The van der Waals surface area contributed by atoms with Gasteiger partial charge in [0.2, 0.25) is 5.91 Å². The summed E-state index contributed by atoms with van der Waals surface area (Å²) in [6, 6.07) is 0. The Bertz CT molecular complexity index is 1110. The molecule has 3 aromatic heterocycles. The summed E-state index contributed by atoms with van der Waals surface area (Å²) >= 11 is 0. The molecule has 11 heteroatoms. The molecule has 29 heavy (non-hydrogen) atoms. The summed E-state index contributed by atoms with van der Waals surface area (Å²) in [6.07, 6.45) is 2.35. The van der Waals surface area contributed by atoms with Gasteiger partial charge in [-0.05, 0) is 32.4 Å². The van der Waals surface area contributed by atoms with Crippen LogP contribution < -0.4 is 4.90 Å². The number of anilines is 1. The fraction of sp³-hybridized carbons (Fsp3) is 0.389. The Morgan fingerprint density at radius 3 is 2.69 bits per heavy atom. The molecule has 0 saturated carbocycles. The number of amides is 1. The minimum atomic E-state index is -4.42. The zero-order chi connectivity index (χ0) is 20.8. The highest BCUT2D eigenvalue weighted by Crippen LogP contribution is 2.25. The summed E-state index contributed by atoms with van der Waals surface area (Å²) in [6.45, 7) is 2.95. The molecule has 0 atom stereocenters. The third-order valence-electron chi connectivity index (χ3n) is 4.74. The van der Waals surface area contributed by atoms with E-state index in [4.69, 9.17) is 0 Å². The number of fused-ring (bicyclic) bond motifs is 1. The van der Waals surface area contributed by atoms with Crippen LogP contribution in [0, 0.1) is 13.8 Å². The van der Waals surface area contributed by atoms with Crippen molar-refractivity contribution in [2.24, 2.45) is 0 Å². The number of imidazole rings is 1. The molecule has 0 radical (unpaired) electrons. The summed E-state index contributed by atoms with van der Waals surface area (Å²) in [5.74, 6) is 0.468. The van der Waals surface area contributed by atoms with Crippen molar-refractivity contribution in [3.8, 4) is 0 Å². The quantitative estimate of drug-likeness (QED) is 0.667. The van der Waals surface area contributed by atoms with E-state index in [9.17, 15) is 18.0 Å². The van der Waals surface area contributed by atoms with Gasteiger partial charge in [0.05, 0.1) is 17.6 Å². The van der Waals surface area contributed by atoms with Crippen molar-refractivity contribution in [1.82, 2.24) is 29.1 Å². The molecule has 1 aliphatic rings. The minimum Gasteiger partial charge on any atom is -0.320 e. The van der Waals surface area contributed by atoms with E-state index in [0.717, 1.165) is 16.0 Å². The van der Waals surface area contributed by atoms with Crippen LogP contribution >= 0.6 is 0 Å². The summed E-state index contributed by atoms with van der Waals surface area (Å²) < 4.78 is 41.5. The lowest BCUT2D eigenvalue weighted by molar-refractivity contribution is -0.140. The first-order valence-corrected chi connectivity index (χ1v) is 9.02. The molecule has 1 saturated heterocycles. The van der Waals surface area contributed by atoms with E-state index in [1.807, 2.05) is 13.8 Å². The molecule has 3 aromatic rings. The lowest BCUT2D eigenvalue weighted by Gasteiger charge is -2.11. The van der Waals surface area contributed by atoms with Crippen molar-refractivity contribution in [2.75, 3.05) is 11.4 Å². The zero-order valence-corrected chi connectivity index (χ0v) is 15.8. The standard InChI is InChI=1S/C18H18F3N7O/c1-11-12(2)28-15(8-22-11)23-13(25-28)5-6-14-24-16(27-7-3-4-17(27)29)9-26(14)10-18(19,20)21/h5-6,8-9H,3-4,7,10H2,1-2H3/b6-5+. The molecule has 0 spiro atoms. The van der Waals surface area contributed by atoms with Crippen LogP contribution in [0.15, 0.2) is 12.4 Å². The smallest absolute Gasteiger partial charge is 0.320 e. The van der Waals surface area contributed by atoms with Gasteiger partial charge in [0, 0.05) is 19.2 Å². The molecule has 0 N–H and O–H groups in total. The molecule has 0 unspecified atom stereocenters. The third kappa shape index (κ3) is 3.84. The van der Waals surface area contributed by atoms with Crippen molar-refractivity contribution in [2.45, 2.75) is 39.4 Å². The molecule has 1 aliphatic heterocycles. The molecule has 1 fully saturated rings. The topological polar surface area (TPSA) is 81.2 Å². The van der Waals surface area contributed by atoms with E-state index in [1.54, 1.807) is 10.7 Å². The number of nitrogens with zero attached hydrogens (tertiary/aromatic N) is 7. The van der Waals surface area contributed by atoms with Gasteiger partial charge < -0.3 is 4.57 Å². The molecule has 0 bridgehead atoms. The average molecular weight is 405 g/mol. The fourth-order valence-corrected chi connectivity index (χ4v) is 3.18. The van der Waals surface area contributed by atoms with Crippen LogP contribution in [-0.4, -0.2) is 47.8 Å². The third-order valence-corrected chi connectivity index (χ3v) is 4.74. The van der Waals surface area contributed by atoms with E-state index < -0.39 is 12.7 Å². The van der Waals surface area contributed by atoms with Gasteiger partial charge in [0.25, 0.3) is 0 Å². The van der Waals surface area contributed by atoms with Gasteiger partial charge in [-0.15, -0.1) is 5.10 Å². The monoisotopic (exact) mass is 405 g/mol. The minimum absolute atomic E-state index is 0.0712. The van der Waals surface area contributed by atoms with Crippen LogP contribution in [0.25, 0.3) is 17.8 Å². The van der Waals surface area contributed by atoms with Crippen LogP contribution in [0.5, 0.6) is 0 Å². The highest BCUT2D eigenvalue weighted by atomic mass is 19.4. The lowest BCUT2D eigenvalue weighted by Crippen LogP contribution is -2.24. The second-order valence-corrected chi connectivity index (χ2v) is 6.85. The molecule has 0 aliphatic carbocycles. The molecule has 0 aromatic carbocycles. The number of carbonyl (C=O) groups excluding carboxylic acids is 1. The van der Waals surface area contributed by atoms with Crippen LogP contribution in [0.1, 0.15) is 35.9 Å². The van der Waals surface area contributed by atoms with Gasteiger partial charge in [0.15, 0.2) is 17.3 Å². The number of aryl methyl sites for hydroxylation is 2. The Hall–Kier alpha value is -3.24. The highest BCUT2D eigenvalue weighted by Gasteiger charge is 2.31. The SMILES string of the molecule is Cc1ncc2nc(/C=C/c3nc(N4CCCC4=O)cn3CC(F)(F)F)nn2c1C. The zero-order valence-electron chi connectivity index (χ0n) is 15.8. The summed E-state index contributed by atoms with van der Waals surface area (Å²) in [4.78, 5) is 26.1. The average Bonchev–Trinajstić information content (AvgIpc) is 3.33. The Labute approximate surface area is 163 Å². The van der Waals surface area contributed by atoms with Gasteiger partial charge in [-0.25, -0.2) is 14.5 Å². The molecular formula is C18H18F3N7O. The maximum absolute atomic E-state index is 13.0. The Kier molecular flexibility index (Phi) is 4.59. The highest BCUT2D eigenvalue weighted by molar-refractivity contribution is 5.94. The van der Waals surface area contributed by atoms with Crippen molar-refractivity contribution in [3.63, 3.8) is 0 Å². The Morgan fingerprint density at radius 1 is 1.21 bits per heavy atom. The first kappa shape index (κ1) is 19.1. The summed E-state index contributed by atoms with van der Waals surface area (Å²) in [5.41, 5.74) is 2.16. The van der Waals surface area contributed by atoms with Gasteiger partial charge in [-0.3, -0.25) is 14.7 Å². The number of aromatic nitrogens is 6. The second-order valence-electron chi connectivity index (χ2n) is 6.85. The Morgan fingerprint density at radius 2 is 2.00 bits per heavy atom. The lowest BCUT2D eigenvalue weighted by atomic mass is 10.3. The van der Waals surface area contributed by atoms with Crippen molar-refractivity contribution >= 4 is 29.5 Å². The van der Waals surface area contributed by atoms with E-state index >= 15 is 0 Å². The van der Waals surface area contributed by atoms with Gasteiger partial charge in [0.1, 0.15) is 12.4 Å². The molecule has 8 nitrogen and oxygen atoms in total. The number of alkyl halides is 3. The largest absolute Gasteiger partial charge is 0.406 e. The van der Waals surface area contributed by atoms with E-state index in [1.165, 1.54) is 23.2 Å². The predicted octanol–water partition coefficient (Wildman–Crippen LogP) is 2.80. The van der Waals surface area contributed by atoms with Crippen molar-refractivity contribution in [1.29, 1.82) is 0 Å². The van der Waals surface area contributed by atoms with Crippen molar-refractivity contribution in [3.05, 3.63) is 35.4 Å². The summed E-state index contributed by atoms with van der Waals surface area (Å²) in [5, 5.41) is 4.34. The van der Waals surface area contributed by atoms with Crippen LogP contribution in [-0.2, 0) is 11.3 Å². The first-order valence-electron chi connectivity index (χ1n) is 9.02. The molecule has 152 valence electrons. The second kappa shape index (κ2) is 6.98. The number of halogens is 3. The number of rotatable bonds is 4. The van der Waals surface area contributed by atoms with Crippen LogP contribution in [0.3, 0.4) is 0 Å². The number of hydrogen-bond donors (Lipinski definition) is 0. The predicted molar refractivity (Wildman–Crippen MR) is 99.1 cm³/mol. The van der Waals surface area contributed by atoms with E-state index in [-0.39, 0.29) is 17.5 Å². The molecular weight excluding hydrogens is 387 g/mol. The van der Waals surface area contributed by atoms with E-state index in [2.05, 4.69) is 20.1 Å². The molecule has 4 rings (SSSR count). The molecule has 4 heterocycles. The van der Waals surface area contributed by atoms with Gasteiger partial charge in [-0.1, -0.05) is 0 Å².